The molecule has 1 saturated heterocycles. The van der Waals surface area contributed by atoms with E-state index in [1.807, 2.05) is 12.1 Å². The lowest BCUT2D eigenvalue weighted by atomic mass is 9.63. The molecule has 0 unspecified atom stereocenters. The molecule has 2 bridgehead atoms. The van der Waals surface area contributed by atoms with Crippen LogP contribution in [0.25, 0.3) is 0 Å². The molecule has 4 atom stereocenters. The van der Waals surface area contributed by atoms with Crippen molar-refractivity contribution in [2.75, 3.05) is 0 Å². The standard InChI is InChI=1S/C17H16ClNO2/c18-13-7-1-10(2-8-13)9-19-16(20)14-11-3-4-12(6-5-11)15(14)17(19)21/h1-4,7-8,11-12,14-15H,5-6,9H2/t11-,12-,14-,15+/m1/s1. The molecule has 4 heteroatoms. The monoisotopic (exact) mass is 301 g/mol. The number of halogens is 1. The van der Waals surface area contributed by atoms with Crippen molar-refractivity contribution in [3.8, 4) is 0 Å². The number of rotatable bonds is 2. The highest BCUT2D eigenvalue weighted by Gasteiger charge is 2.56. The van der Waals surface area contributed by atoms with Crippen molar-refractivity contribution in [3.63, 3.8) is 0 Å². The number of benzene rings is 1. The second kappa shape index (κ2) is 4.70. The quantitative estimate of drug-likeness (QED) is 0.622. The molecule has 0 radical (unpaired) electrons. The maximum absolute atomic E-state index is 12.7. The Hall–Kier alpha value is -1.61. The summed E-state index contributed by atoms with van der Waals surface area (Å²) in [6, 6.07) is 7.33. The zero-order valence-corrected chi connectivity index (χ0v) is 12.3. The first kappa shape index (κ1) is 13.1. The predicted octanol–water partition coefficient (Wildman–Crippen LogP) is 3.04. The molecule has 0 N–H and O–H groups in total. The number of allylic oxidation sites excluding steroid dienone is 2. The molecule has 3 nitrogen and oxygen atoms in total. The van der Waals surface area contributed by atoms with E-state index >= 15 is 0 Å². The Morgan fingerprint density at radius 1 is 0.952 bits per heavy atom. The van der Waals surface area contributed by atoms with Crippen LogP contribution >= 0.6 is 11.6 Å². The molecule has 1 aromatic carbocycles. The van der Waals surface area contributed by atoms with Crippen molar-refractivity contribution in [1.29, 1.82) is 0 Å². The minimum atomic E-state index is -0.117. The van der Waals surface area contributed by atoms with Crippen LogP contribution in [0.4, 0.5) is 0 Å². The Kier molecular flexibility index (Phi) is 2.93. The van der Waals surface area contributed by atoms with Crippen LogP contribution in [-0.2, 0) is 16.1 Å². The van der Waals surface area contributed by atoms with Gasteiger partial charge in [-0.2, -0.15) is 0 Å². The first-order valence-electron chi connectivity index (χ1n) is 7.43. The number of likely N-dealkylation sites (tertiary alicyclic amines) is 1. The van der Waals surface area contributed by atoms with Gasteiger partial charge < -0.3 is 0 Å². The van der Waals surface area contributed by atoms with E-state index in [0.717, 1.165) is 18.4 Å². The summed E-state index contributed by atoms with van der Waals surface area (Å²) in [6.07, 6.45) is 6.37. The third-order valence-corrected chi connectivity index (χ3v) is 5.36. The van der Waals surface area contributed by atoms with Crippen LogP contribution in [0.5, 0.6) is 0 Å². The van der Waals surface area contributed by atoms with Crippen LogP contribution in [0.15, 0.2) is 36.4 Å². The fourth-order valence-electron chi connectivity index (χ4n) is 4.06. The SMILES string of the molecule is O=C1[C@@H]2[C@H](C(=O)N1Cc1ccc(Cl)cc1)[C@@H]1C=C[C@@H]2CC1. The molecule has 0 spiro atoms. The average molecular weight is 302 g/mol. The van der Waals surface area contributed by atoms with Gasteiger partial charge in [0.25, 0.3) is 0 Å². The van der Waals surface area contributed by atoms with Crippen LogP contribution in [0.1, 0.15) is 18.4 Å². The van der Waals surface area contributed by atoms with E-state index in [1.54, 1.807) is 12.1 Å². The van der Waals surface area contributed by atoms with Crippen molar-refractivity contribution in [1.82, 2.24) is 4.90 Å². The van der Waals surface area contributed by atoms with Crippen molar-refractivity contribution >= 4 is 23.4 Å². The molecule has 2 fully saturated rings. The topological polar surface area (TPSA) is 37.4 Å². The largest absolute Gasteiger partial charge is 0.278 e. The van der Waals surface area contributed by atoms with Gasteiger partial charge in [-0.1, -0.05) is 35.9 Å². The van der Waals surface area contributed by atoms with Crippen LogP contribution in [0, 0.1) is 23.7 Å². The molecule has 1 heterocycles. The fraction of sp³-hybridized carbons (Fsp3) is 0.412. The second-order valence-corrected chi connectivity index (χ2v) is 6.67. The Morgan fingerprint density at radius 3 is 1.95 bits per heavy atom. The normalized spacial score (nSPS) is 33.7. The Bertz CT molecular complexity index is 605. The Morgan fingerprint density at radius 2 is 1.48 bits per heavy atom. The van der Waals surface area contributed by atoms with Gasteiger partial charge in [0, 0.05) is 5.02 Å². The second-order valence-electron chi connectivity index (χ2n) is 6.23. The van der Waals surface area contributed by atoms with Gasteiger partial charge in [-0.05, 0) is 42.4 Å². The van der Waals surface area contributed by atoms with Gasteiger partial charge in [0.15, 0.2) is 0 Å². The molecule has 1 aliphatic heterocycles. The van der Waals surface area contributed by atoms with E-state index in [2.05, 4.69) is 12.2 Å². The number of fused-ring (bicyclic) bond motifs is 1. The van der Waals surface area contributed by atoms with E-state index in [1.165, 1.54) is 4.90 Å². The van der Waals surface area contributed by atoms with Crippen LogP contribution < -0.4 is 0 Å². The Balaban J connectivity index is 1.61. The van der Waals surface area contributed by atoms with E-state index in [-0.39, 0.29) is 35.5 Å². The number of carbonyl (C=O) groups is 2. The third-order valence-electron chi connectivity index (χ3n) is 5.10. The van der Waals surface area contributed by atoms with Gasteiger partial charge in [0.1, 0.15) is 0 Å². The highest BCUT2D eigenvalue weighted by Crippen LogP contribution is 2.49. The summed E-state index contributed by atoms with van der Waals surface area (Å²) in [5, 5.41) is 0.661. The number of amides is 2. The molecule has 5 rings (SSSR count). The number of hydrogen-bond donors (Lipinski definition) is 0. The maximum Gasteiger partial charge on any atom is 0.234 e. The van der Waals surface area contributed by atoms with Crippen LogP contribution in [0.2, 0.25) is 5.02 Å². The van der Waals surface area contributed by atoms with Gasteiger partial charge in [-0.25, -0.2) is 0 Å². The number of imide groups is 1. The van der Waals surface area contributed by atoms with Gasteiger partial charge in [-0.15, -0.1) is 0 Å². The minimum Gasteiger partial charge on any atom is -0.278 e. The number of hydrogen-bond acceptors (Lipinski definition) is 2. The molecule has 3 aliphatic carbocycles. The summed E-state index contributed by atoms with van der Waals surface area (Å²) in [5.41, 5.74) is 0.944. The lowest BCUT2D eigenvalue weighted by Crippen LogP contribution is -2.38. The van der Waals surface area contributed by atoms with Crippen molar-refractivity contribution in [2.45, 2.75) is 19.4 Å². The van der Waals surface area contributed by atoms with Crippen molar-refractivity contribution in [2.24, 2.45) is 23.7 Å². The minimum absolute atomic E-state index is 0.0130. The molecule has 108 valence electrons. The first-order valence-corrected chi connectivity index (χ1v) is 7.81. The van der Waals surface area contributed by atoms with E-state index < -0.39 is 0 Å². The summed E-state index contributed by atoms with van der Waals surface area (Å²) in [7, 11) is 0. The highest BCUT2D eigenvalue weighted by molar-refractivity contribution is 6.30. The summed E-state index contributed by atoms with van der Waals surface area (Å²) in [5.74, 6) is 0.304. The van der Waals surface area contributed by atoms with Crippen molar-refractivity contribution < 1.29 is 9.59 Å². The maximum atomic E-state index is 12.7. The van der Waals surface area contributed by atoms with E-state index in [0.29, 0.717) is 11.6 Å². The van der Waals surface area contributed by atoms with Gasteiger partial charge in [0.05, 0.1) is 18.4 Å². The fourth-order valence-corrected chi connectivity index (χ4v) is 4.19. The molecular weight excluding hydrogens is 286 g/mol. The molecule has 1 aromatic rings. The summed E-state index contributed by atoms with van der Waals surface area (Å²) < 4.78 is 0. The van der Waals surface area contributed by atoms with Gasteiger partial charge in [0.2, 0.25) is 11.8 Å². The van der Waals surface area contributed by atoms with Crippen LogP contribution in [0.3, 0.4) is 0 Å². The average Bonchev–Trinajstić information content (AvgIpc) is 2.78. The molecule has 0 aromatic heterocycles. The lowest BCUT2D eigenvalue weighted by molar-refractivity contribution is -0.140. The lowest BCUT2D eigenvalue weighted by Gasteiger charge is -2.38. The molecule has 1 saturated carbocycles. The molecular formula is C17H16ClNO2. The number of carbonyl (C=O) groups excluding carboxylic acids is 2. The van der Waals surface area contributed by atoms with Crippen LogP contribution in [-0.4, -0.2) is 16.7 Å². The van der Waals surface area contributed by atoms with Gasteiger partial charge in [-0.3, -0.25) is 14.5 Å². The van der Waals surface area contributed by atoms with Gasteiger partial charge >= 0.3 is 0 Å². The third kappa shape index (κ3) is 1.95. The summed E-state index contributed by atoms with van der Waals surface area (Å²) >= 11 is 5.88. The van der Waals surface area contributed by atoms with E-state index in [9.17, 15) is 9.59 Å². The first-order chi connectivity index (χ1) is 10.1. The highest BCUT2D eigenvalue weighted by atomic mass is 35.5. The predicted molar refractivity (Wildman–Crippen MR) is 79.3 cm³/mol. The molecule has 21 heavy (non-hydrogen) atoms. The zero-order chi connectivity index (χ0) is 14.6. The summed E-state index contributed by atoms with van der Waals surface area (Å²) in [6.45, 7) is 0.362. The summed E-state index contributed by atoms with van der Waals surface area (Å²) in [4.78, 5) is 26.8. The van der Waals surface area contributed by atoms with Crippen molar-refractivity contribution in [3.05, 3.63) is 47.0 Å². The number of nitrogens with zero attached hydrogens (tertiary/aromatic N) is 1. The van der Waals surface area contributed by atoms with E-state index in [4.69, 9.17) is 11.6 Å². The smallest absolute Gasteiger partial charge is 0.234 e. The zero-order valence-electron chi connectivity index (χ0n) is 11.5. The molecule has 2 amide bonds. The Labute approximate surface area is 128 Å². The molecule has 4 aliphatic rings.